The van der Waals surface area contributed by atoms with E-state index in [4.69, 9.17) is 45.3 Å². The van der Waals surface area contributed by atoms with Crippen molar-refractivity contribution in [2.45, 2.75) is 128 Å². The fourth-order valence-electron chi connectivity index (χ4n) is 10.4. The van der Waals surface area contributed by atoms with E-state index in [-0.39, 0.29) is 82.9 Å². The van der Waals surface area contributed by atoms with Crippen LogP contribution >= 0.6 is 11.6 Å². The first kappa shape index (κ1) is 54.1. The predicted octanol–water partition coefficient (Wildman–Crippen LogP) is 11.6. The molecule has 8 rings (SSSR count). The number of piperazine rings is 1. The van der Waals surface area contributed by atoms with Crippen LogP contribution in [0.1, 0.15) is 101 Å². The molecule has 0 radical (unpaired) electrons. The number of unbranched alkanes of at least 4 members (excludes halogenated alkanes) is 3. The summed E-state index contributed by atoms with van der Waals surface area (Å²) in [5, 5.41) is -0.146. The van der Waals surface area contributed by atoms with Gasteiger partial charge < -0.3 is 33.5 Å². The van der Waals surface area contributed by atoms with Crippen LogP contribution in [0.25, 0.3) is 22.2 Å². The molecule has 2 aromatic heterocycles. The number of hydrogen-bond acceptors (Lipinski definition) is 13. The molecule has 0 N–H and O–H groups in total. The smallest absolute Gasteiger partial charge is 0.418 e. The Balaban J connectivity index is 1.19. The Kier molecular flexibility index (Phi) is 17.0. The van der Waals surface area contributed by atoms with Crippen molar-refractivity contribution in [1.82, 2.24) is 24.8 Å². The first-order chi connectivity index (χ1) is 35.3. The summed E-state index contributed by atoms with van der Waals surface area (Å²) in [6, 6.07) is 16.8. The highest BCUT2D eigenvalue weighted by Crippen LogP contribution is 2.46. The number of benzene rings is 3. The zero-order valence-corrected chi connectivity index (χ0v) is 44.0. The molecule has 3 aliphatic heterocycles. The largest absolute Gasteiger partial charge is 0.497 e. The van der Waals surface area contributed by atoms with Gasteiger partial charge in [-0.1, -0.05) is 48.7 Å². The molecule has 3 aliphatic rings. The van der Waals surface area contributed by atoms with Crippen molar-refractivity contribution in [2.24, 2.45) is 0 Å². The maximum atomic E-state index is 18.0. The van der Waals surface area contributed by atoms with Crippen LogP contribution in [0.3, 0.4) is 0 Å². The lowest BCUT2D eigenvalue weighted by atomic mass is 9.98. The van der Waals surface area contributed by atoms with E-state index in [2.05, 4.69) is 9.88 Å². The van der Waals surface area contributed by atoms with Crippen LogP contribution in [0.15, 0.2) is 60.7 Å². The third kappa shape index (κ3) is 12.7. The Morgan fingerprint density at radius 3 is 2.03 bits per heavy atom. The Morgan fingerprint density at radius 2 is 1.45 bits per heavy atom. The number of carbonyl (C=O) groups is 2. The standard InChI is InChI=1S/C55H66ClF4N7O7/c1-34-27-44(65(29-35-15-21-40(70-5)22-16-35)30-36-17-23-41(71-6)24-18-36)61-50(47(34)55(58,59)60)46-43(56)28-42-49(48(46)57)62-52(73-33-39-13-12-26-64(39)25-11-9-8-10-14-45(68)72-7)63-51(42)66-31-37-19-20-38(32-66)67(37)53(69)74-54(2,3)4/h15-18,21-24,27-28,37-39H,8-14,19-20,25-26,29-33H2,1-7H3/t37?,38?,39-/m0/s1. The lowest BCUT2D eigenvalue weighted by molar-refractivity contribution is -0.141. The summed E-state index contributed by atoms with van der Waals surface area (Å²) in [7, 11) is 4.51. The van der Waals surface area contributed by atoms with Crippen LogP contribution in [-0.4, -0.2) is 115 Å². The van der Waals surface area contributed by atoms with Gasteiger partial charge in [-0.3, -0.25) is 14.6 Å². The van der Waals surface area contributed by atoms with E-state index >= 15 is 17.6 Å². The molecule has 5 heterocycles. The number of pyridine rings is 1. The summed E-state index contributed by atoms with van der Waals surface area (Å²) in [5.41, 5.74) is -1.93. The quantitative estimate of drug-likeness (QED) is 0.0442. The van der Waals surface area contributed by atoms with E-state index in [0.29, 0.717) is 43.9 Å². The molecule has 398 valence electrons. The van der Waals surface area contributed by atoms with Gasteiger partial charge in [-0.15, -0.1) is 0 Å². The van der Waals surface area contributed by atoms with Crippen molar-refractivity contribution >= 4 is 46.2 Å². The minimum absolute atomic E-state index is 0.00898. The number of alkyl halides is 3. The summed E-state index contributed by atoms with van der Waals surface area (Å²) in [5.74, 6) is 0.379. The molecular formula is C55H66ClF4N7O7. The summed E-state index contributed by atoms with van der Waals surface area (Å²) < 4.78 is 92.1. The maximum Gasteiger partial charge on any atom is 0.418 e. The van der Waals surface area contributed by atoms with Crippen LogP contribution in [-0.2, 0) is 33.5 Å². The molecule has 0 aliphatic carbocycles. The molecule has 3 aromatic carbocycles. The summed E-state index contributed by atoms with van der Waals surface area (Å²) in [4.78, 5) is 47.2. The Morgan fingerprint density at radius 1 is 0.824 bits per heavy atom. The highest BCUT2D eigenvalue weighted by Gasteiger charge is 2.46. The molecule has 2 bridgehead atoms. The number of anilines is 2. The van der Waals surface area contributed by atoms with E-state index < -0.39 is 40.5 Å². The minimum atomic E-state index is -4.97. The van der Waals surface area contributed by atoms with E-state index in [1.165, 1.54) is 26.2 Å². The topological polar surface area (TPSA) is 132 Å². The van der Waals surface area contributed by atoms with Gasteiger partial charge in [-0.25, -0.2) is 14.2 Å². The molecule has 3 saturated heterocycles. The fraction of sp³-hybridized carbons (Fsp3) is 0.509. The number of methoxy groups -OCH3 is 3. The van der Waals surface area contributed by atoms with Crippen LogP contribution in [0.5, 0.6) is 17.5 Å². The third-order valence-corrected chi connectivity index (χ3v) is 14.3. The molecule has 0 saturated carbocycles. The molecule has 3 atom stereocenters. The Bertz CT molecular complexity index is 2720. The van der Waals surface area contributed by atoms with Crippen molar-refractivity contribution < 1.29 is 50.8 Å². The van der Waals surface area contributed by atoms with Gasteiger partial charge in [-0.2, -0.15) is 23.1 Å². The molecule has 3 fully saturated rings. The number of esters is 1. The number of carbonyl (C=O) groups excluding carboxylic acids is 2. The summed E-state index contributed by atoms with van der Waals surface area (Å²) in [6.07, 6.45) is 1.73. The Hall–Kier alpha value is -6.14. The zero-order chi connectivity index (χ0) is 52.9. The van der Waals surface area contributed by atoms with Crippen molar-refractivity contribution in [3.05, 3.63) is 93.8 Å². The fourth-order valence-corrected chi connectivity index (χ4v) is 10.7. The van der Waals surface area contributed by atoms with Crippen molar-refractivity contribution in [2.75, 3.05) is 63.9 Å². The van der Waals surface area contributed by atoms with Gasteiger partial charge in [0.25, 0.3) is 0 Å². The van der Waals surface area contributed by atoms with Gasteiger partial charge in [0.1, 0.15) is 40.9 Å². The molecule has 74 heavy (non-hydrogen) atoms. The van der Waals surface area contributed by atoms with E-state index in [0.717, 1.165) is 62.7 Å². The molecule has 5 aromatic rings. The van der Waals surface area contributed by atoms with Crippen molar-refractivity contribution in [1.29, 1.82) is 0 Å². The second kappa shape index (κ2) is 23.2. The first-order valence-electron chi connectivity index (χ1n) is 25.3. The van der Waals surface area contributed by atoms with Crippen molar-refractivity contribution in [3.8, 4) is 28.8 Å². The minimum Gasteiger partial charge on any atom is -0.497 e. The molecule has 2 unspecified atom stereocenters. The van der Waals surface area contributed by atoms with E-state index in [1.807, 2.05) is 54.8 Å². The molecular weight excluding hydrogens is 982 g/mol. The highest BCUT2D eigenvalue weighted by atomic mass is 35.5. The number of hydrogen-bond donors (Lipinski definition) is 0. The summed E-state index contributed by atoms with van der Waals surface area (Å²) in [6.45, 7) is 9.73. The number of likely N-dealkylation sites (tertiary alicyclic amines) is 1. The Labute approximate surface area is 435 Å². The summed E-state index contributed by atoms with van der Waals surface area (Å²) >= 11 is 7.08. The second-order valence-electron chi connectivity index (χ2n) is 20.4. The molecule has 19 heteroatoms. The maximum absolute atomic E-state index is 18.0. The lowest BCUT2D eigenvalue weighted by Crippen LogP contribution is -2.57. The van der Waals surface area contributed by atoms with Crippen LogP contribution < -0.4 is 24.0 Å². The van der Waals surface area contributed by atoms with E-state index in [9.17, 15) is 9.59 Å². The second-order valence-corrected chi connectivity index (χ2v) is 20.8. The zero-order valence-electron chi connectivity index (χ0n) is 43.2. The van der Waals surface area contributed by atoms with Gasteiger partial charge in [0.15, 0.2) is 5.82 Å². The number of ether oxygens (including phenoxy) is 5. The van der Waals surface area contributed by atoms with Gasteiger partial charge >= 0.3 is 24.2 Å². The number of fused-ring (bicyclic) bond motifs is 3. The average Bonchev–Trinajstić information content (AvgIpc) is 3.93. The van der Waals surface area contributed by atoms with Crippen LogP contribution in [0, 0.1) is 12.7 Å². The van der Waals surface area contributed by atoms with Gasteiger partial charge in [0.05, 0.1) is 55.3 Å². The molecule has 14 nitrogen and oxygen atoms in total. The monoisotopic (exact) mass is 1050 g/mol. The van der Waals surface area contributed by atoms with Gasteiger partial charge in [0.2, 0.25) is 0 Å². The number of halogens is 5. The van der Waals surface area contributed by atoms with E-state index in [1.54, 1.807) is 43.4 Å². The van der Waals surface area contributed by atoms with Crippen LogP contribution in [0.4, 0.5) is 34.0 Å². The number of amides is 1. The number of aryl methyl sites for hydroxylation is 1. The molecule has 1 amide bonds. The number of aromatic nitrogens is 3. The van der Waals surface area contributed by atoms with Crippen LogP contribution in [0.2, 0.25) is 5.02 Å². The third-order valence-electron chi connectivity index (χ3n) is 14.0. The SMILES string of the molecule is COC(=O)CCCCCCN1CCC[C@H]1COc1nc(N2CC3CCC(C2)N3C(=O)OC(C)(C)C)c2cc(Cl)c(-c3nc(N(Cc4ccc(OC)cc4)Cc4ccc(OC)cc4)cc(C)c3C(F)(F)F)c(F)c2n1. The normalized spacial score (nSPS) is 18.0. The van der Waals surface area contributed by atoms with Gasteiger partial charge in [-0.05, 0) is 132 Å². The van der Waals surface area contributed by atoms with Gasteiger partial charge in [0, 0.05) is 44.0 Å². The number of nitrogens with zero attached hydrogens (tertiary/aromatic N) is 7. The highest BCUT2D eigenvalue weighted by molar-refractivity contribution is 6.34. The average molecular weight is 1050 g/mol. The predicted molar refractivity (Wildman–Crippen MR) is 276 cm³/mol. The first-order valence-corrected chi connectivity index (χ1v) is 25.7. The number of rotatable bonds is 19. The lowest BCUT2D eigenvalue weighted by Gasteiger charge is -2.42. The molecule has 0 spiro atoms. The van der Waals surface area contributed by atoms with Crippen molar-refractivity contribution in [3.63, 3.8) is 0 Å².